The van der Waals surface area contributed by atoms with Gasteiger partial charge < -0.3 is 34.3 Å². The Morgan fingerprint density at radius 2 is 1.47 bits per heavy atom. The van der Waals surface area contributed by atoms with Crippen LogP contribution in [0.1, 0.15) is 44.5 Å². The fourth-order valence-corrected chi connectivity index (χ4v) is 5.38. The summed E-state index contributed by atoms with van der Waals surface area (Å²) in [5, 5.41) is 8.16. The van der Waals surface area contributed by atoms with Gasteiger partial charge in [0.15, 0.2) is 17.2 Å². The zero-order valence-corrected chi connectivity index (χ0v) is 29.6. The highest BCUT2D eigenvalue weighted by Gasteiger charge is 2.48. The normalized spacial score (nSPS) is 15.7. The number of carbonyl (C=O) groups excluding carboxylic acids is 4. The van der Waals surface area contributed by atoms with Crippen LogP contribution in [0, 0.1) is 5.92 Å². The van der Waals surface area contributed by atoms with Crippen LogP contribution in [0.4, 0.5) is 0 Å². The number of nitrogens with zero attached hydrogens (tertiary/aromatic N) is 3. The molecule has 1 fully saturated rings. The van der Waals surface area contributed by atoms with Crippen molar-refractivity contribution in [3.63, 3.8) is 0 Å². The highest BCUT2D eigenvalue weighted by Crippen LogP contribution is 2.33. The minimum Gasteiger partial charge on any atom is -0.497 e. The molecule has 51 heavy (non-hydrogen) atoms. The van der Waals surface area contributed by atoms with Crippen molar-refractivity contribution in [2.45, 2.75) is 53.1 Å². The van der Waals surface area contributed by atoms with Gasteiger partial charge in [0.05, 0.1) is 57.2 Å². The van der Waals surface area contributed by atoms with Gasteiger partial charge in [-0.3, -0.25) is 19.4 Å². The first-order valence-electron chi connectivity index (χ1n) is 16.5. The molecule has 1 saturated heterocycles. The minimum absolute atomic E-state index is 0.0339. The molecule has 2 N–H and O–H groups in total. The van der Waals surface area contributed by atoms with E-state index in [0.29, 0.717) is 23.7 Å². The number of ether oxygens (including phenoxy) is 5. The molecule has 2 aromatic carbocycles. The number of carbonyl (C=O) groups is 4. The van der Waals surface area contributed by atoms with Crippen LogP contribution >= 0.6 is 0 Å². The van der Waals surface area contributed by atoms with Gasteiger partial charge in [0.2, 0.25) is 11.8 Å². The number of aromatic nitrogens is 1. The molecule has 0 radical (unpaired) electrons. The lowest BCUT2D eigenvalue weighted by atomic mass is 10.1. The number of hydrogen-bond acceptors (Lipinski definition) is 11. The monoisotopic (exact) mass is 701 g/mol. The largest absolute Gasteiger partial charge is 0.497 e. The summed E-state index contributed by atoms with van der Waals surface area (Å²) in [5.41, 5.74) is 1.40. The first-order valence-corrected chi connectivity index (χ1v) is 16.5. The topological polar surface area (TPSA) is 158 Å². The van der Waals surface area contributed by atoms with Gasteiger partial charge in [-0.1, -0.05) is 31.2 Å². The van der Waals surface area contributed by atoms with Gasteiger partial charge in [0.25, 0.3) is 5.91 Å². The van der Waals surface area contributed by atoms with Crippen molar-refractivity contribution >= 4 is 23.7 Å². The molecule has 0 aliphatic carbocycles. The maximum Gasteiger partial charge on any atom is 0.357 e. The van der Waals surface area contributed by atoms with Crippen molar-refractivity contribution in [3.05, 3.63) is 88.9 Å². The zero-order chi connectivity index (χ0) is 36.7. The third-order valence-electron chi connectivity index (χ3n) is 7.97. The van der Waals surface area contributed by atoms with Crippen LogP contribution in [0.15, 0.2) is 72.1 Å². The molecule has 3 amide bonds. The third-order valence-corrected chi connectivity index (χ3v) is 7.97. The first-order chi connectivity index (χ1) is 24.3. The highest BCUT2D eigenvalue weighted by atomic mass is 16.6. The second kappa shape index (κ2) is 15.9. The number of rotatable bonds is 14. The molecular formula is C37H43N5O9. The number of fused-ring (bicyclic) bond motifs is 1. The molecule has 2 aliphatic rings. The van der Waals surface area contributed by atoms with Crippen molar-refractivity contribution in [2.75, 3.05) is 33.9 Å². The van der Waals surface area contributed by atoms with E-state index in [9.17, 15) is 19.2 Å². The van der Waals surface area contributed by atoms with Crippen LogP contribution in [0.2, 0.25) is 0 Å². The molecular weight excluding hydrogens is 658 g/mol. The average Bonchev–Trinajstić information content (AvgIpc) is 3.62. The first kappa shape index (κ1) is 36.6. The van der Waals surface area contributed by atoms with E-state index in [4.69, 9.17) is 23.7 Å². The number of esters is 1. The lowest BCUT2D eigenvalue weighted by Gasteiger charge is -2.24. The van der Waals surface area contributed by atoms with Crippen LogP contribution < -0.4 is 29.6 Å². The maximum atomic E-state index is 13.2. The molecule has 3 heterocycles. The van der Waals surface area contributed by atoms with E-state index in [1.165, 1.54) is 11.2 Å². The second-order valence-electron chi connectivity index (χ2n) is 13.1. The summed E-state index contributed by atoms with van der Waals surface area (Å²) in [6, 6.07) is 16.6. The lowest BCUT2D eigenvalue weighted by Crippen LogP contribution is -2.39. The van der Waals surface area contributed by atoms with Crippen molar-refractivity contribution < 1.29 is 42.9 Å². The van der Waals surface area contributed by atoms with Gasteiger partial charge >= 0.3 is 5.97 Å². The Hall–Kier alpha value is -5.63. The quantitative estimate of drug-likeness (QED) is 0.238. The van der Waals surface area contributed by atoms with Gasteiger partial charge in [0, 0.05) is 12.6 Å². The predicted octanol–water partition coefficient (Wildman–Crippen LogP) is 3.29. The van der Waals surface area contributed by atoms with Crippen molar-refractivity contribution in [3.8, 4) is 23.0 Å². The molecule has 14 heteroatoms. The van der Waals surface area contributed by atoms with Crippen LogP contribution in [0.5, 0.6) is 23.0 Å². The molecule has 14 nitrogen and oxygen atoms in total. The fourth-order valence-electron chi connectivity index (χ4n) is 5.38. The van der Waals surface area contributed by atoms with E-state index in [0.717, 1.165) is 22.6 Å². The van der Waals surface area contributed by atoms with E-state index >= 15 is 0 Å². The SMILES string of the molecule is COc1ccc(COc2cnc(CNC(=O)CNC(=O)C3=C(C(=O)OC(C)(C)C)N4C(=O)[C@@H](C)CN4C3)cc2OCc2ccc(OC)cc2)cc1. The van der Waals surface area contributed by atoms with Crippen LogP contribution in [0.3, 0.4) is 0 Å². The Bertz CT molecular complexity index is 1790. The summed E-state index contributed by atoms with van der Waals surface area (Å²) in [5.74, 6) is -0.255. The molecule has 2 aliphatic heterocycles. The van der Waals surface area contributed by atoms with E-state index in [1.807, 2.05) is 48.5 Å². The van der Waals surface area contributed by atoms with Crippen LogP contribution in [-0.2, 0) is 43.7 Å². The van der Waals surface area contributed by atoms with Crippen molar-refractivity contribution in [2.24, 2.45) is 5.92 Å². The van der Waals surface area contributed by atoms with E-state index in [-0.39, 0.29) is 55.9 Å². The molecule has 1 aromatic heterocycles. The Morgan fingerprint density at radius 1 is 0.882 bits per heavy atom. The molecule has 1 atom stereocenters. The van der Waals surface area contributed by atoms with E-state index < -0.39 is 23.4 Å². The summed E-state index contributed by atoms with van der Waals surface area (Å²) in [4.78, 5) is 56.5. The molecule has 0 saturated carbocycles. The molecule has 0 spiro atoms. The third kappa shape index (κ3) is 9.34. The maximum absolute atomic E-state index is 13.2. The summed E-state index contributed by atoms with van der Waals surface area (Å²) in [6.07, 6.45) is 1.53. The van der Waals surface area contributed by atoms with Crippen molar-refractivity contribution in [1.29, 1.82) is 0 Å². The average molecular weight is 702 g/mol. The lowest BCUT2D eigenvalue weighted by molar-refractivity contribution is -0.156. The second-order valence-corrected chi connectivity index (χ2v) is 13.1. The summed E-state index contributed by atoms with van der Waals surface area (Å²) < 4.78 is 28.2. The van der Waals surface area contributed by atoms with Gasteiger partial charge in [-0.25, -0.2) is 14.8 Å². The standard InChI is InChI=1S/C37H43N5O9/c1-23-19-41-20-29(33(42(41)35(23)45)36(46)51-37(2,3)4)34(44)40-18-32(43)39-16-26-15-30(49-21-24-7-11-27(47-5)12-8-24)31(17-38-26)50-22-25-9-13-28(48-6)14-10-25/h7-15,17,23H,16,18-22H2,1-6H3,(H,39,43)(H,40,44)/t23-/m0/s1. The van der Waals surface area contributed by atoms with Gasteiger partial charge in [-0.2, -0.15) is 0 Å². The Balaban J connectivity index is 1.23. The Kier molecular flexibility index (Phi) is 11.4. The predicted molar refractivity (Wildman–Crippen MR) is 184 cm³/mol. The summed E-state index contributed by atoms with van der Waals surface area (Å²) in [6.45, 7) is 7.40. The van der Waals surface area contributed by atoms with Crippen LogP contribution in [0.25, 0.3) is 0 Å². The van der Waals surface area contributed by atoms with Crippen LogP contribution in [-0.4, -0.2) is 78.1 Å². The van der Waals surface area contributed by atoms with Crippen molar-refractivity contribution in [1.82, 2.24) is 25.6 Å². The summed E-state index contributed by atoms with van der Waals surface area (Å²) in [7, 11) is 3.20. The summed E-state index contributed by atoms with van der Waals surface area (Å²) >= 11 is 0. The fraction of sp³-hybridized carbons (Fsp3) is 0.378. The number of methoxy groups -OCH3 is 2. The zero-order valence-electron chi connectivity index (χ0n) is 29.6. The molecule has 0 bridgehead atoms. The smallest absolute Gasteiger partial charge is 0.357 e. The Labute approximate surface area is 296 Å². The number of pyridine rings is 1. The number of benzene rings is 2. The molecule has 270 valence electrons. The van der Waals surface area contributed by atoms with Gasteiger partial charge in [0.1, 0.15) is 30.3 Å². The number of nitrogens with one attached hydrogen (secondary N) is 2. The van der Waals surface area contributed by atoms with Gasteiger partial charge in [-0.05, 0) is 56.2 Å². The molecule has 0 unspecified atom stereocenters. The minimum atomic E-state index is -0.844. The van der Waals surface area contributed by atoms with Gasteiger partial charge in [-0.15, -0.1) is 0 Å². The Morgan fingerprint density at radius 3 is 2.04 bits per heavy atom. The highest BCUT2D eigenvalue weighted by molar-refractivity contribution is 6.07. The number of hydrazine groups is 1. The van der Waals surface area contributed by atoms with E-state index in [1.54, 1.807) is 53.0 Å². The number of amides is 3. The molecule has 5 rings (SSSR count). The molecule has 3 aromatic rings. The number of hydrogen-bond donors (Lipinski definition) is 2. The van der Waals surface area contributed by atoms with E-state index in [2.05, 4.69) is 15.6 Å².